The summed E-state index contributed by atoms with van der Waals surface area (Å²) in [5.41, 5.74) is 1.17. The Balaban J connectivity index is 1.36. The van der Waals surface area contributed by atoms with Crippen LogP contribution in [0, 0.1) is 5.82 Å². The Morgan fingerprint density at radius 2 is 1.97 bits per heavy atom. The molecule has 0 bridgehead atoms. The van der Waals surface area contributed by atoms with Crippen molar-refractivity contribution >= 4 is 23.3 Å². The first kappa shape index (κ1) is 22.0. The van der Waals surface area contributed by atoms with E-state index in [-0.39, 0.29) is 17.0 Å². The maximum atomic E-state index is 13.4. The van der Waals surface area contributed by atoms with E-state index in [1.54, 1.807) is 6.07 Å². The van der Waals surface area contributed by atoms with Crippen molar-refractivity contribution in [2.75, 3.05) is 24.5 Å². The summed E-state index contributed by atoms with van der Waals surface area (Å²) in [5, 5.41) is -0.0151. The van der Waals surface area contributed by atoms with Gasteiger partial charge in [0.05, 0.1) is 5.02 Å². The number of aryl methyl sites for hydroxylation is 1. The smallest absolute Gasteiger partial charge is 0.224 e. The van der Waals surface area contributed by atoms with Crippen LogP contribution in [0.5, 0.6) is 11.6 Å². The van der Waals surface area contributed by atoms with Crippen molar-refractivity contribution in [3.63, 3.8) is 0 Å². The Hall–Kier alpha value is -3.19. The fourth-order valence-corrected chi connectivity index (χ4v) is 3.97. The number of hydrogen-bond acceptors (Lipinski definition) is 5. The highest BCUT2D eigenvalue weighted by Crippen LogP contribution is 2.27. The molecule has 3 aromatic rings. The lowest BCUT2D eigenvalue weighted by Crippen LogP contribution is -2.54. The second kappa shape index (κ2) is 9.96. The van der Waals surface area contributed by atoms with Crippen LogP contribution in [0.15, 0.2) is 60.9 Å². The average Bonchev–Trinajstić information content (AvgIpc) is 2.81. The first-order valence-corrected chi connectivity index (χ1v) is 10.9. The van der Waals surface area contributed by atoms with E-state index in [2.05, 4.69) is 14.9 Å². The van der Waals surface area contributed by atoms with Gasteiger partial charge in [-0.2, -0.15) is 0 Å². The van der Waals surface area contributed by atoms with E-state index in [1.165, 1.54) is 30.1 Å². The second-order valence-electron chi connectivity index (χ2n) is 7.76. The van der Waals surface area contributed by atoms with Crippen molar-refractivity contribution in [1.29, 1.82) is 0 Å². The van der Waals surface area contributed by atoms with Crippen LogP contribution < -0.4 is 9.64 Å². The minimum absolute atomic E-state index is 0.0151. The molecule has 6 nitrogen and oxygen atoms in total. The molecule has 4 rings (SSSR count). The number of piperazine rings is 1. The highest BCUT2D eigenvalue weighted by atomic mass is 35.5. The predicted octanol–water partition coefficient (Wildman–Crippen LogP) is 4.73. The van der Waals surface area contributed by atoms with Gasteiger partial charge in [-0.25, -0.2) is 14.4 Å². The number of nitrogens with zero attached hydrogens (tertiary/aromatic N) is 4. The third-order valence-corrected chi connectivity index (χ3v) is 5.77. The van der Waals surface area contributed by atoms with Gasteiger partial charge in [0.15, 0.2) is 0 Å². The van der Waals surface area contributed by atoms with E-state index in [0.717, 1.165) is 6.42 Å². The van der Waals surface area contributed by atoms with Gasteiger partial charge in [0.1, 0.15) is 23.7 Å². The lowest BCUT2D eigenvalue weighted by atomic mass is 10.1. The Morgan fingerprint density at radius 3 is 2.72 bits per heavy atom. The fraction of sp³-hybridized carbons (Fsp3) is 0.292. The quantitative estimate of drug-likeness (QED) is 0.539. The van der Waals surface area contributed by atoms with E-state index in [1.807, 2.05) is 42.2 Å². The van der Waals surface area contributed by atoms with Crippen molar-refractivity contribution in [1.82, 2.24) is 14.9 Å². The highest BCUT2D eigenvalue weighted by molar-refractivity contribution is 6.30. The van der Waals surface area contributed by atoms with Gasteiger partial charge < -0.3 is 14.5 Å². The molecule has 1 atom stereocenters. The number of carbonyl (C=O) groups is 1. The minimum atomic E-state index is -0.507. The number of anilines is 1. The monoisotopic (exact) mass is 454 g/mol. The van der Waals surface area contributed by atoms with Gasteiger partial charge in [-0.15, -0.1) is 0 Å². The Bertz CT molecular complexity index is 1080. The van der Waals surface area contributed by atoms with E-state index in [4.69, 9.17) is 16.3 Å². The van der Waals surface area contributed by atoms with E-state index < -0.39 is 5.82 Å². The summed E-state index contributed by atoms with van der Waals surface area (Å²) in [4.78, 5) is 25.3. The van der Waals surface area contributed by atoms with Crippen molar-refractivity contribution in [3.8, 4) is 11.6 Å². The standard InChI is InChI=1S/C24H24ClFN4O2/c1-17-15-29(11-12-30(17)24(31)10-7-18-5-3-2-4-6-18)22-14-23(28-16-27-22)32-19-8-9-21(26)20(25)13-19/h2-6,8-9,13-14,16-17H,7,10-12,15H2,1H3/t17-/m1/s1. The lowest BCUT2D eigenvalue weighted by molar-refractivity contribution is -0.133. The molecule has 1 aliphatic rings. The molecule has 0 N–H and O–H groups in total. The molecule has 0 saturated carbocycles. The van der Waals surface area contributed by atoms with Crippen molar-refractivity contribution in [2.45, 2.75) is 25.8 Å². The molecular formula is C24H24ClFN4O2. The van der Waals surface area contributed by atoms with Crippen molar-refractivity contribution in [3.05, 3.63) is 77.3 Å². The average molecular weight is 455 g/mol. The van der Waals surface area contributed by atoms with Crippen LogP contribution in [0.3, 0.4) is 0 Å². The van der Waals surface area contributed by atoms with Gasteiger partial charge in [0.2, 0.25) is 11.8 Å². The maximum absolute atomic E-state index is 13.4. The Morgan fingerprint density at radius 1 is 1.16 bits per heavy atom. The molecule has 2 aromatic carbocycles. The second-order valence-corrected chi connectivity index (χ2v) is 8.17. The van der Waals surface area contributed by atoms with Crippen LogP contribution in [0.25, 0.3) is 0 Å². The van der Waals surface area contributed by atoms with Gasteiger partial charge in [-0.1, -0.05) is 41.9 Å². The Kier molecular flexibility index (Phi) is 6.85. The number of carbonyl (C=O) groups excluding carboxylic acids is 1. The van der Waals surface area contributed by atoms with E-state index in [9.17, 15) is 9.18 Å². The number of ether oxygens (including phenoxy) is 1. The van der Waals surface area contributed by atoms with Gasteiger partial charge >= 0.3 is 0 Å². The Labute approximate surface area is 191 Å². The molecule has 8 heteroatoms. The summed E-state index contributed by atoms with van der Waals surface area (Å²) in [7, 11) is 0. The molecule has 2 heterocycles. The summed E-state index contributed by atoms with van der Waals surface area (Å²) in [5.74, 6) is 1.11. The fourth-order valence-electron chi connectivity index (χ4n) is 3.80. The molecule has 32 heavy (non-hydrogen) atoms. The summed E-state index contributed by atoms with van der Waals surface area (Å²) >= 11 is 5.82. The van der Waals surface area contributed by atoms with E-state index >= 15 is 0 Å². The van der Waals surface area contributed by atoms with Crippen LogP contribution in [-0.4, -0.2) is 46.5 Å². The van der Waals surface area contributed by atoms with Gasteiger partial charge in [0, 0.05) is 44.2 Å². The van der Waals surface area contributed by atoms with Crippen LogP contribution >= 0.6 is 11.6 Å². The molecule has 1 fully saturated rings. The molecule has 1 saturated heterocycles. The molecule has 1 aromatic heterocycles. The maximum Gasteiger partial charge on any atom is 0.224 e. The minimum Gasteiger partial charge on any atom is -0.439 e. The first-order valence-electron chi connectivity index (χ1n) is 10.5. The van der Waals surface area contributed by atoms with Crippen LogP contribution in [0.4, 0.5) is 10.2 Å². The molecule has 1 amide bonds. The molecule has 0 spiro atoms. The number of rotatable bonds is 6. The molecule has 0 unspecified atom stereocenters. The number of benzene rings is 2. The highest BCUT2D eigenvalue weighted by Gasteiger charge is 2.28. The van der Waals surface area contributed by atoms with E-state index in [0.29, 0.717) is 43.5 Å². The number of hydrogen-bond donors (Lipinski definition) is 0. The van der Waals surface area contributed by atoms with Crippen molar-refractivity contribution < 1.29 is 13.9 Å². The molecular weight excluding hydrogens is 431 g/mol. The normalized spacial score (nSPS) is 16.2. The summed E-state index contributed by atoms with van der Waals surface area (Å²) in [6, 6.07) is 16.0. The third-order valence-electron chi connectivity index (χ3n) is 5.48. The van der Waals surface area contributed by atoms with Crippen LogP contribution in [-0.2, 0) is 11.2 Å². The van der Waals surface area contributed by atoms with Crippen LogP contribution in [0.2, 0.25) is 5.02 Å². The lowest BCUT2D eigenvalue weighted by Gasteiger charge is -2.40. The van der Waals surface area contributed by atoms with Gasteiger partial charge in [0.25, 0.3) is 0 Å². The van der Waals surface area contributed by atoms with Crippen LogP contribution in [0.1, 0.15) is 18.9 Å². The molecule has 1 aliphatic heterocycles. The number of amides is 1. The zero-order chi connectivity index (χ0) is 22.5. The predicted molar refractivity (Wildman–Crippen MR) is 122 cm³/mol. The summed E-state index contributed by atoms with van der Waals surface area (Å²) < 4.78 is 19.1. The molecule has 166 valence electrons. The summed E-state index contributed by atoms with van der Waals surface area (Å²) in [6.45, 7) is 4.00. The van der Waals surface area contributed by atoms with Gasteiger partial charge in [-0.3, -0.25) is 4.79 Å². The SMILES string of the molecule is C[C@@H]1CN(c2cc(Oc3ccc(F)c(Cl)c3)ncn2)CCN1C(=O)CCc1ccccc1. The number of aromatic nitrogens is 2. The topological polar surface area (TPSA) is 58.6 Å². The third kappa shape index (κ3) is 5.34. The van der Waals surface area contributed by atoms with Crippen molar-refractivity contribution in [2.24, 2.45) is 0 Å². The molecule has 0 aliphatic carbocycles. The zero-order valence-electron chi connectivity index (χ0n) is 17.7. The zero-order valence-corrected chi connectivity index (χ0v) is 18.5. The molecule has 0 radical (unpaired) electrons. The first-order chi connectivity index (χ1) is 15.5. The summed E-state index contributed by atoms with van der Waals surface area (Å²) in [6.07, 6.45) is 2.67. The largest absolute Gasteiger partial charge is 0.439 e. The van der Waals surface area contributed by atoms with Gasteiger partial charge in [-0.05, 0) is 31.0 Å². The number of halogens is 2.